The van der Waals surface area contributed by atoms with E-state index < -0.39 is 43.8 Å². The van der Waals surface area contributed by atoms with Gasteiger partial charge in [0, 0.05) is 17.5 Å². The standard InChI is InChI=1S/C10H13FNO6P/c11-9-5(4-19(16,17)18)1-2-8(13)6(9)3-7(12)10(14)15/h1-2,7,13H,3-4,12H2,(H,14,15)(H2,16,17,18)/t7-/m0/s1. The van der Waals surface area contributed by atoms with E-state index >= 15 is 0 Å². The third-order valence-corrected chi connectivity index (χ3v) is 3.17. The number of phenols is 1. The van der Waals surface area contributed by atoms with E-state index in [0.717, 1.165) is 12.1 Å². The molecule has 1 rings (SSSR count). The molecule has 0 aliphatic rings. The molecule has 0 aliphatic carbocycles. The van der Waals surface area contributed by atoms with Gasteiger partial charge >= 0.3 is 13.6 Å². The monoisotopic (exact) mass is 293 g/mol. The van der Waals surface area contributed by atoms with Crippen LogP contribution >= 0.6 is 7.60 Å². The van der Waals surface area contributed by atoms with Crippen LogP contribution in [0.5, 0.6) is 5.75 Å². The molecule has 0 saturated heterocycles. The molecule has 0 heterocycles. The van der Waals surface area contributed by atoms with Crippen molar-refractivity contribution in [2.24, 2.45) is 5.73 Å². The Labute approximate surface area is 107 Å². The van der Waals surface area contributed by atoms with Crippen molar-refractivity contribution in [3.63, 3.8) is 0 Å². The number of hydrogen-bond donors (Lipinski definition) is 5. The highest BCUT2D eigenvalue weighted by atomic mass is 31.2. The molecule has 7 nitrogen and oxygen atoms in total. The number of rotatable bonds is 5. The highest BCUT2D eigenvalue weighted by Gasteiger charge is 2.23. The molecule has 6 N–H and O–H groups in total. The summed E-state index contributed by atoms with van der Waals surface area (Å²) in [4.78, 5) is 28.2. The van der Waals surface area contributed by atoms with E-state index in [1.54, 1.807) is 0 Å². The molecule has 0 fully saturated rings. The molecule has 0 radical (unpaired) electrons. The lowest BCUT2D eigenvalue weighted by molar-refractivity contribution is -0.138. The van der Waals surface area contributed by atoms with E-state index in [9.17, 15) is 18.9 Å². The van der Waals surface area contributed by atoms with Crippen molar-refractivity contribution in [1.82, 2.24) is 0 Å². The van der Waals surface area contributed by atoms with Crippen LogP contribution < -0.4 is 5.73 Å². The van der Waals surface area contributed by atoms with Gasteiger partial charge in [-0.25, -0.2) is 4.39 Å². The Bertz CT molecular complexity index is 543. The van der Waals surface area contributed by atoms with Gasteiger partial charge < -0.3 is 25.7 Å². The molecule has 0 bridgehead atoms. The second kappa shape index (κ2) is 5.66. The first kappa shape index (κ1) is 15.6. The van der Waals surface area contributed by atoms with E-state index in [4.69, 9.17) is 20.6 Å². The van der Waals surface area contributed by atoms with Crippen LogP contribution in [0, 0.1) is 5.82 Å². The quantitative estimate of drug-likeness (QED) is 0.487. The maximum Gasteiger partial charge on any atom is 0.330 e. The second-order valence-electron chi connectivity index (χ2n) is 4.01. The predicted molar refractivity (Wildman–Crippen MR) is 63.1 cm³/mol. The maximum atomic E-state index is 13.9. The van der Waals surface area contributed by atoms with Gasteiger partial charge in [0.25, 0.3) is 0 Å². The van der Waals surface area contributed by atoms with Crippen LogP contribution in [0.4, 0.5) is 4.39 Å². The molecular formula is C10H13FNO6P. The summed E-state index contributed by atoms with van der Waals surface area (Å²) in [6.45, 7) is 0. The lowest BCUT2D eigenvalue weighted by atomic mass is 10.0. The average Bonchev–Trinajstić information content (AvgIpc) is 2.26. The largest absolute Gasteiger partial charge is 0.508 e. The van der Waals surface area contributed by atoms with Gasteiger partial charge in [-0.15, -0.1) is 0 Å². The number of benzene rings is 1. The molecule has 0 spiro atoms. The molecule has 0 unspecified atom stereocenters. The van der Waals surface area contributed by atoms with E-state index in [0.29, 0.717) is 0 Å². The van der Waals surface area contributed by atoms with Gasteiger partial charge in [-0.1, -0.05) is 6.07 Å². The summed E-state index contributed by atoms with van der Waals surface area (Å²) < 4.78 is 24.8. The van der Waals surface area contributed by atoms with Crippen molar-refractivity contribution in [2.75, 3.05) is 0 Å². The zero-order valence-electron chi connectivity index (χ0n) is 9.65. The summed E-state index contributed by atoms with van der Waals surface area (Å²) in [6.07, 6.45) is -1.32. The van der Waals surface area contributed by atoms with Gasteiger partial charge in [0.05, 0.1) is 6.16 Å². The molecule has 19 heavy (non-hydrogen) atoms. The van der Waals surface area contributed by atoms with Crippen LogP contribution in [-0.4, -0.2) is 32.0 Å². The number of carboxylic acids is 1. The van der Waals surface area contributed by atoms with E-state index in [1.165, 1.54) is 0 Å². The normalized spacial score (nSPS) is 13.3. The fourth-order valence-electron chi connectivity index (χ4n) is 1.50. The minimum Gasteiger partial charge on any atom is -0.508 e. The smallest absolute Gasteiger partial charge is 0.330 e. The Kier molecular flexibility index (Phi) is 4.65. The number of nitrogens with two attached hydrogens (primary N) is 1. The summed E-state index contributed by atoms with van der Waals surface area (Å²) in [6, 6.07) is 0.642. The van der Waals surface area contributed by atoms with Crippen molar-refractivity contribution in [3.8, 4) is 5.75 Å². The molecular weight excluding hydrogens is 280 g/mol. The number of halogens is 1. The van der Waals surface area contributed by atoms with Crippen LogP contribution in [0.15, 0.2) is 12.1 Å². The summed E-state index contributed by atoms with van der Waals surface area (Å²) in [5.74, 6) is -2.94. The van der Waals surface area contributed by atoms with Gasteiger partial charge in [-0.3, -0.25) is 9.36 Å². The Morgan fingerprint density at radius 2 is 2.00 bits per heavy atom. The molecule has 0 aliphatic heterocycles. The zero-order valence-corrected chi connectivity index (χ0v) is 10.5. The zero-order chi connectivity index (χ0) is 14.8. The summed E-state index contributed by atoms with van der Waals surface area (Å²) >= 11 is 0. The first-order valence-electron chi connectivity index (χ1n) is 5.14. The number of carboxylic acid groups (broad SMARTS) is 1. The van der Waals surface area contributed by atoms with Crippen molar-refractivity contribution < 1.29 is 33.7 Å². The number of phenolic OH excluding ortho intramolecular Hbond substituents is 1. The van der Waals surface area contributed by atoms with E-state index in [1.807, 2.05) is 0 Å². The van der Waals surface area contributed by atoms with Crippen LogP contribution in [0.1, 0.15) is 11.1 Å². The van der Waals surface area contributed by atoms with Gasteiger partial charge in [0.1, 0.15) is 17.6 Å². The molecule has 0 amide bonds. The lowest BCUT2D eigenvalue weighted by Gasteiger charge is -2.13. The fourth-order valence-corrected chi connectivity index (χ4v) is 2.19. The Balaban J connectivity index is 3.14. The molecule has 106 valence electrons. The van der Waals surface area contributed by atoms with E-state index in [2.05, 4.69) is 0 Å². The summed E-state index contributed by atoms with van der Waals surface area (Å²) in [5, 5.41) is 18.1. The van der Waals surface area contributed by atoms with E-state index in [-0.39, 0.29) is 11.1 Å². The van der Waals surface area contributed by atoms with Crippen LogP contribution in [0.25, 0.3) is 0 Å². The number of aromatic hydroxyl groups is 1. The summed E-state index contributed by atoms with van der Waals surface area (Å²) in [7, 11) is -4.47. The maximum absolute atomic E-state index is 13.9. The second-order valence-corrected chi connectivity index (χ2v) is 5.65. The van der Waals surface area contributed by atoms with Crippen LogP contribution in [-0.2, 0) is 21.9 Å². The molecule has 1 aromatic rings. The van der Waals surface area contributed by atoms with Crippen LogP contribution in [0.3, 0.4) is 0 Å². The third-order valence-electron chi connectivity index (χ3n) is 2.42. The van der Waals surface area contributed by atoms with Gasteiger partial charge in [-0.05, 0) is 6.07 Å². The van der Waals surface area contributed by atoms with Crippen molar-refractivity contribution in [2.45, 2.75) is 18.6 Å². The topological polar surface area (TPSA) is 141 Å². The van der Waals surface area contributed by atoms with Crippen molar-refractivity contribution in [3.05, 3.63) is 29.1 Å². The van der Waals surface area contributed by atoms with Gasteiger partial charge in [0.15, 0.2) is 0 Å². The molecule has 0 aromatic heterocycles. The van der Waals surface area contributed by atoms with Gasteiger partial charge in [0.2, 0.25) is 0 Å². The Morgan fingerprint density at radius 1 is 1.42 bits per heavy atom. The molecule has 1 aromatic carbocycles. The lowest BCUT2D eigenvalue weighted by Crippen LogP contribution is -2.32. The van der Waals surface area contributed by atoms with Crippen molar-refractivity contribution in [1.29, 1.82) is 0 Å². The Morgan fingerprint density at radius 3 is 2.47 bits per heavy atom. The Hall–Kier alpha value is -1.47. The first-order chi connectivity index (χ1) is 8.61. The first-order valence-corrected chi connectivity index (χ1v) is 6.93. The summed E-state index contributed by atoms with van der Waals surface area (Å²) in [5.41, 5.74) is 4.55. The van der Waals surface area contributed by atoms with Crippen LogP contribution in [0.2, 0.25) is 0 Å². The third kappa shape index (κ3) is 4.29. The molecule has 9 heteroatoms. The molecule has 1 atom stereocenters. The fraction of sp³-hybridized carbons (Fsp3) is 0.300. The highest BCUT2D eigenvalue weighted by molar-refractivity contribution is 7.50. The SMILES string of the molecule is N[C@@H](Cc1c(O)ccc(CP(=O)(O)O)c1F)C(=O)O. The number of carbonyl (C=O) groups is 1. The number of aliphatic carboxylic acids is 1. The highest BCUT2D eigenvalue weighted by Crippen LogP contribution is 2.40. The van der Waals surface area contributed by atoms with Gasteiger partial charge in [-0.2, -0.15) is 0 Å². The molecule has 0 saturated carbocycles. The predicted octanol–water partition coefficient (Wildman–Crippen LogP) is 0.163. The van der Waals surface area contributed by atoms with Crippen molar-refractivity contribution >= 4 is 13.6 Å². The minimum absolute atomic E-state index is 0.307. The minimum atomic E-state index is -4.47. The average molecular weight is 293 g/mol. The number of hydrogen-bond acceptors (Lipinski definition) is 4.